The summed E-state index contributed by atoms with van der Waals surface area (Å²) in [6.45, 7) is 3.37. The number of likely N-dealkylation sites (N-methyl/N-ethyl adjacent to an activating group) is 1. The number of amides is 2. The molecule has 0 N–H and O–H groups in total. The summed E-state index contributed by atoms with van der Waals surface area (Å²) in [5, 5.41) is 0. The van der Waals surface area contributed by atoms with E-state index in [1.54, 1.807) is 30.0 Å². The van der Waals surface area contributed by atoms with Crippen LogP contribution < -0.4 is 9.64 Å². The maximum atomic E-state index is 12.4. The van der Waals surface area contributed by atoms with E-state index in [0.29, 0.717) is 18.6 Å². The molecule has 1 aliphatic heterocycles. The van der Waals surface area contributed by atoms with Crippen molar-refractivity contribution in [1.29, 1.82) is 0 Å². The van der Waals surface area contributed by atoms with E-state index in [-0.39, 0.29) is 17.9 Å². The molecule has 0 fully saturated rings. The Labute approximate surface area is 150 Å². The molecule has 1 aromatic carbocycles. The fourth-order valence-electron chi connectivity index (χ4n) is 2.87. The third-order valence-corrected chi connectivity index (χ3v) is 4.65. The first kappa shape index (κ1) is 19.1. The molecule has 138 valence electrons. The lowest BCUT2D eigenvalue weighted by molar-refractivity contribution is -0.130. The van der Waals surface area contributed by atoms with E-state index in [9.17, 15) is 9.59 Å². The summed E-state index contributed by atoms with van der Waals surface area (Å²) >= 11 is 0. The maximum absolute atomic E-state index is 12.4. The third kappa shape index (κ3) is 4.44. The van der Waals surface area contributed by atoms with Gasteiger partial charge >= 0.3 is 0 Å². The van der Waals surface area contributed by atoms with Crippen molar-refractivity contribution < 1.29 is 14.3 Å². The normalized spacial score (nSPS) is 16.0. The molecule has 0 spiro atoms. The van der Waals surface area contributed by atoms with Gasteiger partial charge < -0.3 is 19.4 Å². The number of anilines is 1. The van der Waals surface area contributed by atoms with E-state index in [2.05, 4.69) is 11.8 Å². The zero-order valence-corrected chi connectivity index (χ0v) is 15.9. The Morgan fingerprint density at radius 2 is 2.00 bits per heavy atom. The number of fused-ring (bicyclic) bond motifs is 1. The predicted molar refractivity (Wildman–Crippen MR) is 99.3 cm³/mol. The Balaban J connectivity index is 2.11. The Bertz CT molecular complexity index is 630. The molecule has 0 unspecified atom stereocenters. The first-order valence-electron chi connectivity index (χ1n) is 8.80. The molecule has 25 heavy (non-hydrogen) atoms. The van der Waals surface area contributed by atoms with E-state index < -0.39 is 0 Å². The van der Waals surface area contributed by atoms with Crippen LogP contribution in [0.5, 0.6) is 5.75 Å². The fraction of sp³-hybridized carbons (Fsp3) is 0.579. The van der Waals surface area contributed by atoms with Gasteiger partial charge in [-0.15, -0.1) is 0 Å². The van der Waals surface area contributed by atoms with Crippen molar-refractivity contribution in [2.24, 2.45) is 0 Å². The zero-order chi connectivity index (χ0) is 18.6. The number of benzene rings is 1. The first-order valence-corrected chi connectivity index (χ1v) is 8.80. The molecule has 0 bridgehead atoms. The van der Waals surface area contributed by atoms with Crippen molar-refractivity contribution in [3.05, 3.63) is 23.8 Å². The quantitative estimate of drug-likeness (QED) is 0.792. The molecule has 6 heteroatoms. The Kier molecular flexibility index (Phi) is 6.28. The van der Waals surface area contributed by atoms with Gasteiger partial charge in [0.2, 0.25) is 5.91 Å². The van der Waals surface area contributed by atoms with Crippen molar-refractivity contribution >= 4 is 17.5 Å². The van der Waals surface area contributed by atoms with Crippen LogP contribution in [0.15, 0.2) is 18.2 Å². The summed E-state index contributed by atoms with van der Waals surface area (Å²) in [5.41, 5.74) is 1.47. The third-order valence-electron chi connectivity index (χ3n) is 4.65. The minimum atomic E-state index is -0.0475. The Morgan fingerprint density at radius 3 is 2.64 bits per heavy atom. The topological polar surface area (TPSA) is 53.1 Å². The van der Waals surface area contributed by atoms with Crippen LogP contribution in [0.4, 0.5) is 5.69 Å². The van der Waals surface area contributed by atoms with Crippen molar-refractivity contribution in [1.82, 2.24) is 9.80 Å². The molecule has 0 saturated heterocycles. The van der Waals surface area contributed by atoms with Gasteiger partial charge in [-0.25, -0.2) is 0 Å². The molecule has 0 aliphatic carbocycles. The average molecular weight is 347 g/mol. The molecular weight excluding hydrogens is 318 g/mol. The van der Waals surface area contributed by atoms with Crippen LogP contribution in [0, 0.1) is 0 Å². The minimum Gasteiger partial charge on any atom is -0.489 e. The number of unbranched alkanes of at least 4 members (excludes halogenated alkanes) is 1. The van der Waals surface area contributed by atoms with Crippen LogP contribution in [0.1, 0.15) is 36.5 Å². The minimum absolute atomic E-state index is 0.0335. The van der Waals surface area contributed by atoms with E-state index >= 15 is 0 Å². The lowest BCUT2D eigenvalue weighted by Gasteiger charge is -2.36. The predicted octanol–water partition coefficient (Wildman–Crippen LogP) is 2.23. The number of ether oxygens (including phenoxy) is 1. The smallest absolute Gasteiger partial charge is 0.253 e. The second-order valence-corrected chi connectivity index (χ2v) is 6.83. The Morgan fingerprint density at radius 1 is 1.28 bits per heavy atom. The molecule has 0 aromatic heterocycles. The molecule has 2 amide bonds. The standard InChI is InChI=1S/C19H29N3O3/c1-6-7-10-21(4)18(23)12-15-13-25-17-9-8-14(19(24)20(2)3)11-16(17)22(15)5/h8-9,11,15H,6-7,10,12-13H2,1-5H3/t15-/m0/s1. The summed E-state index contributed by atoms with van der Waals surface area (Å²) in [5.74, 6) is 0.826. The van der Waals surface area contributed by atoms with Crippen LogP contribution in [0.25, 0.3) is 0 Å². The molecule has 6 nitrogen and oxygen atoms in total. The highest BCUT2D eigenvalue weighted by atomic mass is 16.5. The molecule has 1 heterocycles. The van der Waals surface area contributed by atoms with Crippen molar-refractivity contribution in [3.8, 4) is 5.75 Å². The molecule has 2 rings (SSSR count). The molecule has 0 radical (unpaired) electrons. The average Bonchev–Trinajstić information content (AvgIpc) is 2.60. The van der Waals surface area contributed by atoms with Gasteiger partial charge in [0.05, 0.1) is 18.2 Å². The molecule has 1 aliphatic rings. The molecular formula is C19H29N3O3. The number of carbonyl (C=O) groups is 2. The van der Waals surface area contributed by atoms with Crippen LogP contribution >= 0.6 is 0 Å². The first-order chi connectivity index (χ1) is 11.8. The van der Waals surface area contributed by atoms with Gasteiger partial charge in [-0.05, 0) is 24.6 Å². The van der Waals surface area contributed by atoms with E-state index in [1.165, 1.54) is 0 Å². The van der Waals surface area contributed by atoms with Crippen LogP contribution in [0.2, 0.25) is 0 Å². The maximum Gasteiger partial charge on any atom is 0.253 e. The summed E-state index contributed by atoms with van der Waals surface area (Å²) in [6, 6.07) is 5.41. The highest BCUT2D eigenvalue weighted by Gasteiger charge is 2.28. The van der Waals surface area contributed by atoms with Crippen molar-refractivity contribution in [2.75, 3.05) is 46.2 Å². The number of hydrogen-bond acceptors (Lipinski definition) is 4. The van der Waals surface area contributed by atoms with Crippen LogP contribution in [0.3, 0.4) is 0 Å². The van der Waals surface area contributed by atoms with E-state index in [1.807, 2.05) is 26.2 Å². The summed E-state index contributed by atoms with van der Waals surface area (Å²) in [6.07, 6.45) is 2.49. The van der Waals surface area contributed by atoms with Crippen molar-refractivity contribution in [3.63, 3.8) is 0 Å². The highest BCUT2D eigenvalue weighted by molar-refractivity contribution is 5.95. The second-order valence-electron chi connectivity index (χ2n) is 6.83. The number of hydrogen-bond donors (Lipinski definition) is 0. The van der Waals surface area contributed by atoms with Gasteiger partial charge in [-0.3, -0.25) is 9.59 Å². The largest absolute Gasteiger partial charge is 0.489 e. The summed E-state index contributed by atoms with van der Waals surface area (Å²) < 4.78 is 5.83. The molecule has 0 saturated carbocycles. The second kappa shape index (κ2) is 8.23. The monoisotopic (exact) mass is 347 g/mol. The molecule has 1 aromatic rings. The lowest BCUT2D eigenvalue weighted by atomic mass is 10.1. The van der Waals surface area contributed by atoms with Gasteiger partial charge in [-0.2, -0.15) is 0 Å². The zero-order valence-electron chi connectivity index (χ0n) is 15.9. The number of nitrogens with zero attached hydrogens (tertiary/aromatic N) is 3. The SMILES string of the molecule is CCCCN(C)C(=O)C[C@H]1COc2ccc(C(=O)N(C)C)cc2N1C. The van der Waals surface area contributed by atoms with E-state index in [4.69, 9.17) is 4.74 Å². The van der Waals surface area contributed by atoms with Crippen molar-refractivity contribution in [2.45, 2.75) is 32.2 Å². The fourth-order valence-corrected chi connectivity index (χ4v) is 2.87. The molecule has 1 atom stereocenters. The number of rotatable bonds is 6. The van der Waals surface area contributed by atoms with Gasteiger partial charge in [0.15, 0.2) is 0 Å². The van der Waals surface area contributed by atoms with E-state index in [0.717, 1.165) is 30.8 Å². The number of carbonyl (C=O) groups excluding carboxylic acids is 2. The summed E-state index contributed by atoms with van der Waals surface area (Å²) in [7, 11) is 7.27. The van der Waals surface area contributed by atoms with Gasteiger partial charge in [0, 0.05) is 40.3 Å². The summed E-state index contributed by atoms with van der Waals surface area (Å²) in [4.78, 5) is 30.0. The van der Waals surface area contributed by atoms with Gasteiger partial charge in [-0.1, -0.05) is 13.3 Å². The van der Waals surface area contributed by atoms with Crippen LogP contribution in [-0.4, -0.2) is 69.0 Å². The highest BCUT2D eigenvalue weighted by Crippen LogP contribution is 2.34. The Hall–Kier alpha value is -2.24. The van der Waals surface area contributed by atoms with Crippen LogP contribution in [-0.2, 0) is 4.79 Å². The lowest BCUT2D eigenvalue weighted by Crippen LogP contribution is -2.44. The van der Waals surface area contributed by atoms with Gasteiger partial charge in [0.25, 0.3) is 5.91 Å². The van der Waals surface area contributed by atoms with Gasteiger partial charge in [0.1, 0.15) is 12.4 Å².